The third-order valence-corrected chi connectivity index (χ3v) is 1.11. The van der Waals surface area contributed by atoms with Crippen LogP contribution >= 0.6 is 0 Å². The van der Waals surface area contributed by atoms with Gasteiger partial charge in [0.15, 0.2) is 0 Å². The molecule has 0 unspecified atom stereocenters. The SMILES string of the molecule is CC(C)O.N.c1cc2cc-2c1. The van der Waals surface area contributed by atoms with E-state index in [0.29, 0.717) is 0 Å². The molecule has 0 bridgehead atoms. The maximum absolute atomic E-state index is 8.06. The van der Waals surface area contributed by atoms with Crippen LogP contribution < -0.4 is 6.15 Å². The Balaban J connectivity index is 0.000000183. The van der Waals surface area contributed by atoms with E-state index in [1.165, 1.54) is 11.1 Å². The van der Waals surface area contributed by atoms with Crippen molar-refractivity contribution in [2.24, 2.45) is 0 Å². The molecule has 0 heterocycles. The van der Waals surface area contributed by atoms with Gasteiger partial charge in [0.05, 0.1) is 0 Å². The van der Waals surface area contributed by atoms with Crippen LogP contribution in [0.3, 0.4) is 0 Å². The quantitative estimate of drug-likeness (QED) is 0.609. The van der Waals surface area contributed by atoms with Gasteiger partial charge in [0.2, 0.25) is 0 Å². The normalized spacial score (nSPS) is 9.45. The summed E-state index contributed by atoms with van der Waals surface area (Å²) in [6, 6.07) is 8.48. The third kappa shape index (κ3) is 3.75. The molecule has 11 heavy (non-hydrogen) atoms. The first kappa shape index (κ1) is 10.1. The van der Waals surface area contributed by atoms with E-state index in [2.05, 4.69) is 24.3 Å². The van der Waals surface area contributed by atoms with Gasteiger partial charge in [-0.1, -0.05) is 18.2 Å². The van der Waals surface area contributed by atoms with E-state index >= 15 is 0 Å². The molecule has 0 aromatic heterocycles. The summed E-state index contributed by atoms with van der Waals surface area (Å²) >= 11 is 0. The molecular weight excluding hydrogens is 138 g/mol. The van der Waals surface area contributed by atoms with Crippen LogP contribution in [0.5, 0.6) is 0 Å². The monoisotopic (exact) mass is 153 g/mol. The van der Waals surface area contributed by atoms with Gasteiger partial charge in [0.1, 0.15) is 0 Å². The number of rotatable bonds is 0. The lowest BCUT2D eigenvalue weighted by molar-refractivity contribution is 0.216. The number of benzene rings is 1. The maximum Gasteiger partial charge on any atom is 0.0483 e. The highest BCUT2D eigenvalue weighted by Gasteiger charge is 2.06. The summed E-state index contributed by atoms with van der Waals surface area (Å²) in [5.74, 6) is 0. The fourth-order valence-corrected chi connectivity index (χ4v) is 0.676. The molecule has 2 aliphatic rings. The van der Waals surface area contributed by atoms with Gasteiger partial charge in [0.25, 0.3) is 0 Å². The first-order valence-electron chi connectivity index (χ1n) is 3.48. The molecule has 2 rings (SSSR count). The maximum atomic E-state index is 8.06. The second-order valence-corrected chi connectivity index (χ2v) is 2.67. The number of hydrogen-bond donors (Lipinski definition) is 2. The Hall–Kier alpha value is -0.860. The minimum atomic E-state index is -0.167. The second kappa shape index (κ2) is 4.11. The number of hydrogen-bond acceptors (Lipinski definition) is 2. The van der Waals surface area contributed by atoms with Crippen molar-refractivity contribution in [1.82, 2.24) is 6.15 Å². The molecule has 0 aromatic carbocycles. The minimum Gasteiger partial charge on any atom is -0.394 e. The number of aliphatic hydroxyl groups is 1. The topological polar surface area (TPSA) is 55.2 Å². The van der Waals surface area contributed by atoms with Crippen LogP contribution in [0.1, 0.15) is 13.8 Å². The van der Waals surface area contributed by atoms with Gasteiger partial charge in [-0.15, -0.1) is 0 Å². The average molecular weight is 153 g/mol. The molecule has 62 valence electrons. The fourth-order valence-electron chi connectivity index (χ4n) is 0.676. The predicted octanol–water partition coefficient (Wildman–Crippen LogP) is 2.22. The standard InChI is InChI=1S/C6H4.C3H8O.H3N/c1-2-5-4-6(5)3-1;1-3(2)4;/h1-4H;3-4H,1-2H3;1H3. The van der Waals surface area contributed by atoms with E-state index in [9.17, 15) is 0 Å². The van der Waals surface area contributed by atoms with E-state index in [-0.39, 0.29) is 12.3 Å². The average Bonchev–Trinajstić information content (AvgIpc) is 2.40. The molecule has 0 spiro atoms. The van der Waals surface area contributed by atoms with Gasteiger partial charge in [0, 0.05) is 6.10 Å². The van der Waals surface area contributed by atoms with E-state index in [0.717, 1.165) is 0 Å². The molecule has 2 nitrogen and oxygen atoms in total. The molecule has 0 saturated carbocycles. The lowest BCUT2D eigenvalue weighted by Crippen LogP contribution is -1.85. The first-order chi connectivity index (χ1) is 4.70. The summed E-state index contributed by atoms with van der Waals surface area (Å²) in [5, 5.41) is 8.06. The van der Waals surface area contributed by atoms with Crippen molar-refractivity contribution in [3.8, 4) is 11.1 Å². The first-order valence-corrected chi connectivity index (χ1v) is 3.48. The van der Waals surface area contributed by atoms with Crippen LogP contribution in [0, 0.1) is 0 Å². The summed E-state index contributed by atoms with van der Waals surface area (Å²) in [6.45, 7) is 3.44. The summed E-state index contributed by atoms with van der Waals surface area (Å²) in [5.41, 5.74) is 2.85. The Kier molecular flexibility index (Phi) is 3.79. The van der Waals surface area contributed by atoms with E-state index in [4.69, 9.17) is 5.11 Å². The molecule has 0 atom stereocenters. The van der Waals surface area contributed by atoms with Crippen molar-refractivity contribution >= 4 is 0 Å². The largest absolute Gasteiger partial charge is 0.394 e. The summed E-state index contributed by atoms with van der Waals surface area (Å²) in [7, 11) is 0. The highest BCUT2D eigenvalue weighted by Crippen LogP contribution is 2.32. The zero-order valence-electron chi connectivity index (χ0n) is 7.04. The van der Waals surface area contributed by atoms with Crippen LogP contribution in [0.4, 0.5) is 0 Å². The molecule has 4 N–H and O–H groups in total. The zero-order chi connectivity index (χ0) is 7.56. The lowest BCUT2D eigenvalue weighted by Gasteiger charge is -1.80. The molecule has 2 heteroatoms. The van der Waals surface area contributed by atoms with Crippen molar-refractivity contribution < 1.29 is 5.11 Å². The van der Waals surface area contributed by atoms with Crippen molar-refractivity contribution in [2.45, 2.75) is 20.0 Å². The van der Waals surface area contributed by atoms with E-state index in [1.807, 2.05) is 0 Å². The molecule has 0 radical (unpaired) electrons. The Labute approximate surface area is 67.5 Å². The lowest BCUT2D eigenvalue weighted by atomic mass is 10.5. The minimum absolute atomic E-state index is 0. The third-order valence-electron chi connectivity index (χ3n) is 1.11. The Morgan fingerprint density at radius 1 is 1.18 bits per heavy atom. The fraction of sp³-hybridized carbons (Fsp3) is 0.333. The number of fused-ring (bicyclic) bond motifs is 1. The summed E-state index contributed by atoms with van der Waals surface area (Å²) in [4.78, 5) is 0. The molecule has 2 aliphatic carbocycles. The smallest absolute Gasteiger partial charge is 0.0483 e. The van der Waals surface area contributed by atoms with Gasteiger partial charge in [-0.25, -0.2) is 0 Å². The summed E-state index contributed by atoms with van der Waals surface area (Å²) < 4.78 is 0. The molecule has 0 amide bonds. The molecule has 0 aliphatic heterocycles. The Morgan fingerprint density at radius 2 is 1.55 bits per heavy atom. The van der Waals surface area contributed by atoms with Gasteiger partial charge < -0.3 is 11.3 Å². The van der Waals surface area contributed by atoms with Crippen molar-refractivity contribution in [2.75, 3.05) is 0 Å². The predicted molar refractivity (Wildman–Crippen MR) is 47.8 cm³/mol. The molecule has 0 saturated heterocycles. The van der Waals surface area contributed by atoms with E-state index < -0.39 is 0 Å². The van der Waals surface area contributed by atoms with Crippen molar-refractivity contribution in [1.29, 1.82) is 0 Å². The van der Waals surface area contributed by atoms with Crippen LogP contribution in [-0.4, -0.2) is 11.2 Å². The molecule has 0 fully saturated rings. The van der Waals surface area contributed by atoms with Crippen molar-refractivity contribution in [3.63, 3.8) is 0 Å². The zero-order valence-corrected chi connectivity index (χ0v) is 7.04. The van der Waals surface area contributed by atoms with Gasteiger partial charge in [-0.2, -0.15) is 0 Å². The highest BCUT2D eigenvalue weighted by molar-refractivity contribution is 5.80. The van der Waals surface area contributed by atoms with Crippen LogP contribution in [-0.2, 0) is 0 Å². The van der Waals surface area contributed by atoms with Crippen LogP contribution in [0.2, 0.25) is 0 Å². The number of aliphatic hydroxyl groups excluding tert-OH is 1. The van der Waals surface area contributed by atoms with E-state index in [1.54, 1.807) is 13.8 Å². The van der Waals surface area contributed by atoms with Crippen LogP contribution in [0.25, 0.3) is 11.1 Å². The van der Waals surface area contributed by atoms with Gasteiger partial charge in [-0.05, 0) is 31.0 Å². The van der Waals surface area contributed by atoms with Gasteiger partial charge >= 0.3 is 0 Å². The Morgan fingerprint density at radius 3 is 1.64 bits per heavy atom. The Bertz CT molecular complexity index is 201. The van der Waals surface area contributed by atoms with Crippen molar-refractivity contribution in [3.05, 3.63) is 24.3 Å². The molecular formula is C9H15NO. The highest BCUT2D eigenvalue weighted by atomic mass is 16.3. The molecule has 0 aromatic rings. The second-order valence-electron chi connectivity index (χ2n) is 2.67. The van der Waals surface area contributed by atoms with Gasteiger partial charge in [-0.3, -0.25) is 0 Å². The van der Waals surface area contributed by atoms with Crippen LogP contribution in [0.15, 0.2) is 24.3 Å². The summed E-state index contributed by atoms with van der Waals surface area (Å²) in [6.07, 6.45) is -0.167.